The Kier molecular flexibility index (Phi) is 2.69. The first-order chi connectivity index (χ1) is 8.36. The van der Waals surface area contributed by atoms with Crippen molar-refractivity contribution in [3.8, 4) is 0 Å². The molecule has 0 aliphatic carbocycles. The van der Waals surface area contributed by atoms with Crippen LogP contribution in [0.1, 0.15) is 34.8 Å². The number of nitrogens with one attached hydrogen (secondary N) is 1. The van der Waals surface area contributed by atoms with Crippen LogP contribution in [0.4, 0.5) is 0 Å². The third-order valence-electron chi connectivity index (χ3n) is 3.49. The average Bonchev–Trinajstić information content (AvgIpc) is 2.81. The fourth-order valence-electron chi connectivity index (χ4n) is 2.52. The molecule has 1 aromatic heterocycles. The summed E-state index contributed by atoms with van der Waals surface area (Å²) in [6, 6.07) is 8.32. The van der Waals surface area contributed by atoms with E-state index in [1.807, 2.05) is 6.07 Å². The molecular weight excluding hydrogens is 214 g/mol. The number of fused-ring (bicyclic) bond motifs is 1. The van der Waals surface area contributed by atoms with E-state index in [1.54, 1.807) is 0 Å². The molecule has 0 amide bonds. The van der Waals surface area contributed by atoms with E-state index in [0.29, 0.717) is 11.6 Å². The summed E-state index contributed by atoms with van der Waals surface area (Å²) in [4.78, 5) is 13.8. The summed E-state index contributed by atoms with van der Waals surface area (Å²) in [6.45, 7) is 1.71. The van der Waals surface area contributed by atoms with Gasteiger partial charge in [0.15, 0.2) is 6.29 Å². The van der Waals surface area contributed by atoms with Gasteiger partial charge in [-0.3, -0.25) is 4.79 Å². The minimum Gasteiger partial charge on any atom is -0.381 e. The standard InChI is InChI=1S/C14H15NO2/c16-9-13-8-12-7-11(1-2-14(12)15-13)10-3-5-17-6-4-10/h1-2,7-10,15H,3-6H2. The van der Waals surface area contributed by atoms with Gasteiger partial charge >= 0.3 is 0 Å². The average molecular weight is 229 g/mol. The van der Waals surface area contributed by atoms with E-state index >= 15 is 0 Å². The highest BCUT2D eigenvalue weighted by atomic mass is 16.5. The number of benzene rings is 1. The summed E-state index contributed by atoms with van der Waals surface area (Å²) < 4.78 is 5.38. The van der Waals surface area contributed by atoms with Crippen molar-refractivity contribution in [2.75, 3.05) is 13.2 Å². The van der Waals surface area contributed by atoms with Gasteiger partial charge in [-0.1, -0.05) is 6.07 Å². The predicted octanol–water partition coefficient (Wildman–Crippen LogP) is 2.87. The van der Waals surface area contributed by atoms with Gasteiger partial charge in [0.05, 0.1) is 5.69 Å². The number of hydrogen-bond donors (Lipinski definition) is 1. The number of carbonyl (C=O) groups excluding carboxylic acids is 1. The Morgan fingerprint density at radius 1 is 1.24 bits per heavy atom. The first kappa shape index (κ1) is 10.5. The Bertz CT molecular complexity index is 538. The van der Waals surface area contributed by atoms with Crippen LogP contribution in [-0.4, -0.2) is 24.5 Å². The van der Waals surface area contributed by atoms with E-state index in [9.17, 15) is 4.79 Å². The molecule has 0 unspecified atom stereocenters. The maximum atomic E-state index is 10.7. The normalized spacial score (nSPS) is 17.4. The Balaban J connectivity index is 1.97. The quantitative estimate of drug-likeness (QED) is 0.804. The fourth-order valence-corrected chi connectivity index (χ4v) is 2.52. The first-order valence-corrected chi connectivity index (χ1v) is 6.02. The minimum atomic E-state index is 0.600. The van der Waals surface area contributed by atoms with Gasteiger partial charge in [0, 0.05) is 24.1 Å². The molecule has 1 aliphatic heterocycles. The summed E-state index contributed by atoms with van der Waals surface area (Å²) in [5, 5.41) is 1.12. The molecule has 1 fully saturated rings. The third kappa shape index (κ3) is 1.98. The van der Waals surface area contributed by atoms with Gasteiger partial charge in [0.25, 0.3) is 0 Å². The molecule has 1 aliphatic rings. The van der Waals surface area contributed by atoms with Crippen molar-refractivity contribution in [2.45, 2.75) is 18.8 Å². The summed E-state index contributed by atoms with van der Waals surface area (Å²) in [5.74, 6) is 0.600. The second-order valence-corrected chi connectivity index (χ2v) is 4.58. The fraction of sp³-hybridized carbons (Fsp3) is 0.357. The number of H-pyrrole nitrogens is 1. The van der Waals surface area contributed by atoms with Crippen LogP contribution in [0.25, 0.3) is 10.9 Å². The molecule has 0 saturated carbocycles. The summed E-state index contributed by atoms with van der Waals surface area (Å²) in [7, 11) is 0. The van der Waals surface area contributed by atoms with Gasteiger partial charge in [0.2, 0.25) is 0 Å². The lowest BCUT2D eigenvalue weighted by Crippen LogP contribution is -2.13. The topological polar surface area (TPSA) is 42.1 Å². The number of hydrogen-bond acceptors (Lipinski definition) is 2. The second kappa shape index (κ2) is 4.34. The molecule has 1 saturated heterocycles. The molecule has 17 heavy (non-hydrogen) atoms. The molecule has 1 N–H and O–H groups in total. The van der Waals surface area contributed by atoms with Crippen molar-refractivity contribution >= 4 is 17.2 Å². The van der Waals surface area contributed by atoms with Crippen molar-refractivity contribution in [1.82, 2.24) is 4.98 Å². The summed E-state index contributed by atoms with van der Waals surface area (Å²) in [5.41, 5.74) is 3.03. The maximum absolute atomic E-state index is 10.7. The Hall–Kier alpha value is -1.61. The monoisotopic (exact) mass is 229 g/mol. The highest BCUT2D eigenvalue weighted by Gasteiger charge is 2.16. The van der Waals surface area contributed by atoms with Crippen LogP contribution < -0.4 is 0 Å². The lowest BCUT2D eigenvalue weighted by atomic mass is 9.91. The van der Waals surface area contributed by atoms with Crippen LogP contribution in [0.15, 0.2) is 24.3 Å². The molecule has 88 valence electrons. The predicted molar refractivity (Wildman–Crippen MR) is 66.5 cm³/mol. The number of aromatic amines is 1. The molecule has 3 heteroatoms. The Morgan fingerprint density at radius 3 is 2.82 bits per heavy atom. The number of aldehydes is 1. The zero-order valence-corrected chi connectivity index (χ0v) is 9.61. The van der Waals surface area contributed by atoms with Crippen molar-refractivity contribution in [3.05, 3.63) is 35.5 Å². The van der Waals surface area contributed by atoms with E-state index < -0.39 is 0 Å². The van der Waals surface area contributed by atoms with E-state index in [1.165, 1.54) is 5.56 Å². The van der Waals surface area contributed by atoms with Gasteiger partial charge in [-0.05, 0) is 42.5 Å². The van der Waals surface area contributed by atoms with E-state index in [4.69, 9.17) is 4.74 Å². The van der Waals surface area contributed by atoms with Crippen LogP contribution in [0.2, 0.25) is 0 Å². The zero-order valence-electron chi connectivity index (χ0n) is 9.61. The number of carbonyl (C=O) groups is 1. The highest BCUT2D eigenvalue weighted by Crippen LogP contribution is 2.29. The molecule has 3 nitrogen and oxygen atoms in total. The molecule has 2 aromatic rings. The van der Waals surface area contributed by atoms with Crippen LogP contribution in [0, 0.1) is 0 Å². The first-order valence-electron chi connectivity index (χ1n) is 6.02. The molecule has 0 bridgehead atoms. The number of ether oxygens (including phenoxy) is 1. The molecule has 0 atom stereocenters. The van der Waals surface area contributed by atoms with Crippen molar-refractivity contribution < 1.29 is 9.53 Å². The highest BCUT2D eigenvalue weighted by molar-refractivity contribution is 5.88. The van der Waals surface area contributed by atoms with Crippen molar-refractivity contribution in [3.63, 3.8) is 0 Å². The Labute approximate surface area is 99.8 Å². The van der Waals surface area contributed by atoms with Gasteiger partial charge in [0.1, 0.15) is 0 Å². The lowest BCUT2D eigenvalue weighted by Gasteiger charge is -2.22. The molecular formula is C14H15NO2. The largest absolute Gasteiger partial charge is 0.381 e. The molecule has 0 spiro atoms. The van der Waals surface area contributed by atoms with Gasteiger partial charge < -0.3 is 9.72 Å². The number of rotatable bonds is 2. The maximum Gasteiger partial charge on any atom is 0.166 e. The van der Waals surface area contributed by atoms with Crippen molar-refractivity contribution in [1.29, 1.82) is 0 Å². The molecule has 0 radical (unpaired) electrons. The van der Waals surface area contributed by atoms with Crippen LogP contribution >= 0.6 is 0 Å². The lowest BCUT2D eigenvalue weighted by molar-refractivity contribution is 0.0853. The van der Waals surface area contributed by atoms with Gasteiger partial charge in [-0.2, -0.15) is 0 Å². The van der Waals surface area contributed by atoms with Gasteiger partial charge in [-0.25, -0.2) is 0 Å². The molecule has 3 rings (SSSR count). The van der Waals surface area contributed by atoms with Crippen LogP contribution in [0.3, 0.4) is 0 Å². The second-order valence-electron chi connectivity index (χ2n) is 4.58. The van der Waals surface area contributed by atoms with Gasteiger partial charge in [-0.15, -0.1) is 0 Å². The van der Waals surface area contributed by atoms with Crippen LogP contribution in [-0.2, 0) is 4.74 Å². The summed E-state index contributed by atoms with van der Waals surface area (Å²) >= 11 is 0. The van der Waals surface area contributed by atoms with Crippen LogP contribution in [0.5, 0.6) is 0 Å². The van der Waals surface area contributed by atoms with E-state index in [-0.39, 0.29) is 0 Å². The van der Waals surface area contributed by atoms with Crippen molar-refractivity contribution in [2.24, 2.45) is 0 Å². The SMILES string of the molecule is O=Cc1cc2cc(C3CCOCC3)ccc2[nH]1. The summed E-state index contributed by atoms with van der Waals surface area (Å²) in [6.07, 6.45) is 3.04. The van der Waals surface area contributed by atoms with E-state index in [2.05, 4.69) is 23.2 Å². The number of aromatic nitrogens is 1. The molecule has 1 aromatic carbocycles. The Morgan fingerprint density at radius 2 is 2.06 bits per heavy atom. The molecule has 2 heterocycles. The van der Waals surface area contributed by atoms with E-state index in [0.717, 1.165) is 43.2 Å². The zero-order chi connectivity index (χ0) is 11.7. The minimum absolute atomic E-state index is 0.600. The third-order valence-corrected chi connectivity index (χ3v) is 3.49. The smallest absolute Gasteiger partial charge is 0.166 e.